The third kappa shape index (κ3) is 4.55. The number of alkyl halides is 1. The van der Waals surface area contributed by atoms with Gasteiger partial charge in [-0.3, -0.25) is 19.0 Å². The van der Waals surface area contributed by atoms with Crippen molar-refractivity contribution in [3.05, 3.63) is 52.9 Å². The molecule has 0 unspecified atom stereocenters. The van der Waals surface area contributed by atoms with Gasteiger partial charge in [-0.05, 0) is 43.0 Å². The van der Waals surface area contributed by atoms with Gasteiger partial charge in [-0.25, -0.2) is 22.2 Å². The van der Waals surface area contributed by atoms with Crippen molar-refractivity contribution < 1.29 is 26.4 Å². The molecule has 1 saturated carbocycles. The Labute approximate surface area is 176 Å². The van der Waals surface area contributed by atoms with Gasteiger partial charge >= 0.3 is 0 Å². The first-order valence-electron chi connectivity index (χ1n) is 9.69. The first-order chi connectivity index (χ1) is 14.8. The number of Topliss-reactive ketones (excluding diaryl/α,β-unsaturated/α-hetero) is 1. The van der Waals surface area contributed by atoms with Gasteiger partial charge in [0.25, 0.3) is 0 Å². The van der Waals surface area contributed by atoms with Gasteiger partial charge in [0.15, 0.2) is 17.2 Å². The van der Waals surface area contributed by atoms with E-state index >= 15 is 0 Å². The van der Waals surface area contributed by atoms with Crippen LogP contribution < -0.4 is 4.72 Å². The number of anilines is 1. The summed E-state index contributed by atoms with van der Waals surface area (Å²) in [5, 5.41) is 7.83. The summed E-state index contributed by atoms with van der Waals surface area (Å²) in [6.45, 7) is -0.853. The van der Waals surface area contributed by atoms with Crippen LogP contribution >= 0.6 is 0 Å². The summed E-state index contributed by atoms with van der Waals surface area (Å²) in [6, 6.07) is 3.41. The van der Waals surface area contributed by atoms with Crippen LogP contribution in [0.2, 0.25) is 0 Å². The molecule has 0 atom stereocenters. The average molecular weight is 452 g/mol. The highest BCUT2D eigenvalue weighted by atomic mass is 32.2. The van der Waals surface area contributed by atoms with Crippen molar-refractivity contribution in [2.45, 2.75) is 31.6 Å². The van der Waals surface area contributed by atoms with Crippen LogP contribution in [0.15, 0.2) is 24.4 Å². The number of hydrogen-bond donors (Lipinski definition) is 2. The van der Waals surface area contributed by atoms with Crippen LogP contribution in [0, 0.1) is 11.6 Å². The van der Waals surface area contributed by atoms with Crippen LogP contribution in [0.5, 0.6) is 0 Å². The minimum absolute atomic E-state index is 0.268. The molecule has 0 bridgehead atoms. The summed E-state index contributed by atoms with van der Waals surface area (Å²) in [6.07, 6.45) is 2.88. The zero-order valence-corrected chi connectivity index (χ0v) is 17.1. The summed E-state index contributed by atoms with van der Waals surface area (Å²) < 4.78 is 67.1. The largest absolute Gasteiger partial charge is 0.294 e. The summed E-state index contributed by atoms with van der Waals surface area (Å²) >= 11 is 0. The van der Waals surface area contributed by atoms with Gasteiger partial charge in [0.1, 0.15) is 5.82 Å². The molecule has 3 aromatic rings. The number of aromatic nitrogens is 3. The van der Waals surface area contributed by atoms with Crippen molar-refractivity contribution in [2.75, 3.05) is 17.1 Å². The quantitative estimate of drug-likeness (QED) is 0.483. The molecule has 2 N–H and O–H groups in total. The SMILES string of the molecule is O=C(Cc1cnc2n[nH]c(C3CC3)c2c1)c1c(F)ccc(NS(=O)(=O)CCCF)c1F. The fourth-order valence-corrected chi connectivity index (χ4v) is 4.45. The normalized spacial score (nSPS) is 14.2. The lowest BCUT2D eigenvalue weighted by molar-refractivity contribution is 0.0985. The molecular formula is C20H19F3N4O3S. The van der Waals surface area contributed by atoms with Crippen LogP contribution in [0.4, 0.5) is 18.9 Å². The number of ketones is 1. The van der Waals surface area contributed by atoms with Gasteiger partial charge < -0.3 is 0 Å². The molecule has 0 aliphatic heterocycles. The molecule has 31 heavy (non-hydrogen) atoms. The van der Waals surface area contributed by atoms with E-state index in [-0.39, 0.29) is 12.8 Å². The molecule has 7 nitrogen and oxygen atoms in total. The van der Waals surface area contributed by atoms with E-state index in [1.807, 2.05) is 4.72 Å². The average Bonchev–Trinajstić information content (AvgIpc) is 3.48. The fourth-order valence-electron chi connectivity index (χ4n) is 3.37. The topological polar surface area (TPSA) is 105 Å². The smallest absolute Gasteiger partial charge is 0.232 e. The van der Waals surface area contributed by atoms with E-state index < -0.39 is 51.1 Å². The molecule has 1 aliphatic rings. The minimum Gasteiger partial charge on any atom is -0.294 e. The molecular weight excluding hydrogens is 433 g/mol. The zero-order valence-electron chi connectivity index (χ0n) is 16.3. The van der Waals surface area contributed by atoms with Crippen molar-refractivity contribution >= 4 is 32.5 Å². The lowest BCUT2D eigenvalue weighted by Crippen LogP contribution is -2.19. The third-order valence-corrected chi connectivity index (χ3v) is 6.39. The summed E-state index contributed by atoms with van der Waals surface area (Å²) in [5.74, 6) is -3.48. The van der Waals surface area contributed by atoms with Crippen molar-refractivity contribution in [3.8, 4) is 0 Å². The zero-order chi connectivity index (χ0) is 22.2. The molecule has 1 aromatic carbocycles. The monoisotopic (exact) mass is 452 g/mol. The molecule has 0 saturated heterocycles. The number of benzene rings is 1. The van der Waals surface area contributed by atoms with E-state index in [1.54, 1.807) is 6.07 Å². The van der Waals surface area contributed by atoms with E-state index in [1.165, 1.54) is 6.20 Å². The summed E-state index contributed by atoms with van der Waals surface area (Å²) in [4.78, 5) is 16.9. The van der Waals surface area contributed by atoms with Gasteiger partial charge in [0.2, 0.25) is 10.0 Å². The van der Waals surface area contributed by atoms with E-state index in [0.717, 1.165) is 36.1 Å². The second kappa shape index (κ2) is 8.29. The molecule has 2 aromatic heterocycles. The van der Waals surface area contributed by atoms with Crippen molar-refractivity contribution in [2.24, 2.45) is 0 Å². The first kappa shape index (κ1) is 21.3. The molecule has 0 amide bonds. The number of fused-ring (bicyclic) bond motifs is 1. The second-order valence-electron chi connectivity index (χ2n) is 7.47. The Morgan fingerprint density at radius 3 is 2.74 bits per heavy atom. The second-order valence-corrected chi connectivity index (χ2v) is 9.32. The highest BCUT2D eigenvalue weighted by Gasteiger charge is 2.28. The van der Waals surface area contributed by atoms with Crippen molar-refractivity contribution in [3.63, 3.8) is 0 Å². The van der Waals surface area contributed by atoms with Crippen LogP contribution in [0.3, 0.4) is 0 Å². The summed E-state index contributed by atoms with van der Waals surface area (Å²) in [5.41, 5.74) is 0.468. The molecule has 164 valence electrons. The Bertz CT molecular complexity index is 1260. The van der Waals surface area contributed by atoms with Gasteiger partial charge in [0, 0.05) is 29.6 Å². The van der Waals surface area contributed by atoms with Gasteiger partial charge in [-0.2, -0.15) is 5.10 Å². The number of hydrogen-bond acceptors (Lipinski definition) is 5. The van der Waals surface area contributed by atoms with E-state index in [0.29, 0.717) is 17.1 Å². The maximum absolute atomic E-state index is 14.8. The predicted molar refractivity (Wildman–Crippen MR) is 108 cm³/mol. The van der Waals surface area contributed by atoms with Crippen LogP contribution in [0.1, 0.15) is 46.8 Å². The molecule has 0 spiro atoms. The van der Waals surface area contributed by atoms with E-state index in [4.69, 9.17) is 0 Å². The highest BCUT2D eigenvalue weighted by Crippen LogP contribution is 2.41. The molecule has 4 rings (SSSR count). The number of carbonyl (C=O) groups is 1. The number of sulfonamides is 1. The molecule has 0 radical (unpaired) electrons. The number of pyridine rings is 1. The Hall–Kier alpha value is -2.95. The van der Waals surface area contributed by atoms with E-state index in [2.05, 4.69) is 15.2 Å². The number of rotatable bonds is 9. The van der Waals surface area contributed by atoms with Crippen LogP contribution in [-0.2, 0) is 16.4 Å². The maximum atomic E-state index is 14.8. The Balaban J connectivity index is 1.59. The van der Waals surface area contributed by atoms with Crippen molar-refractivity contribution in [1.82, 2.24) is 15.2 Å². The Morgan fingerprint density at radius 2 is 2.03 bits per heavy atom. The number of aromatic amines is 1. The third-order valence-electron chi connectivity index (χ3n) is 5.03. The number of halogens is 3. The van der Waals surface area contributed by atoms with Crippen LogP contribution in [-0.4, -0.2) is 41.8 Å². The minimum atomic E-state index is -4.04. The molecule has 2 heterocycles. The van der Waals surface area contributed by atoms with Crippen LogP contribution in [0.25, 0.3) is 11.0 Å². The Kier molecular flexibility index (Phi) is 5.69. The van der Waals surface area contributed by atoms with Crippen molar-refractivity contribution in [1.29, 1.82) is 0 Å². The molecule has 1 aliphatic carbocycles. The summed E-state index contributed by atoms with van der Waals surface area (Å²) in [7, 11) is -4.04. The number of H-pyrrole nitrogens is 1. The van der Waals surface area contributed by atoms with Gasteiger partial charge in [-0.1, -0.05) is 0 Å². The maximum Gasteiger partial charge on any atom is 0.232 e. The molecule has 11 heteroatoms. The lowest BCUT2D eigenvalue weighted by Gasteiger charge is -2.11. The highest BCUT2D eigenvalue weighted by molar-refractivity contribution is 7.92. The Morgan fingerprint density at radius 1 is 1.26 bits per heavy atom. The lowest BCUT2D eigenvalue weighted by atomic mass is 10.0. The van der Waals surface area contributed by atoms with E-state index in [9.17, 15) is 26.4 Å². The number of nitrogens with zero attached hydrogens (tertiary/aromatic N) is 2. The van der Waals surface area contributed by atoms with Gasteiger partial charge in [0.05, 0.1) is 23.7 Å². The molecule has 1 fully saturated rings. The van der Waals surface area contributed by atoms with Gasteiger partial charge in [-0.15, -0.1) is 0 Å². The predicted octanol–water partition coefficient (Wildman–Crippen LogP) is 3.64. The first-order valence-corrected chi connectivity index (χ1v) is 11.3. The number of carbonyl (C=O) groups excluding carboxylic acids is 1. The standard InChI is InChI=1S/C20H19F3N4O3S/c21-6-1-7-31(29,30)27-15-5-4-14(22)17(18(15)23)16(28)9-11-8-13-19(12-2-3-12)25-26-20(13)24-10-11/h4-5,8,10,12,27H,1-3,6-7,9H2,(H,24,25,26). The number of nitrogens with one attached hydrogen (secondary N) is 2. The fraction of sp³-hybridized carbons (Fsp3) is 0.350.